The number of hydrogen-bond acceptors (Lipinski definition) is 5. The minimum atomic E-state index is -0.773. The molecule has 0 amide bonds. The molecular weight excluding hydrogens is 327 g/mol. The van der Waals surface area contributed by atoms with Crippen molar-refractivity contribution in [3.63, 3.8) is 0 Å². The summed E-state index contributed by atoms with van der Waals surface area (Å²) in [7, 11) is 0. The summed E-state index contributed by atoms with van der Waals surface area (Å²) in [5.74, 6) is -1.77. The summed E-state index contributed by atoms with van der Waals surface area (Å²) in [6.45, 7) is 0. The zero-order valence-corrected chi connectivity index (χ0v) is 12.3. The molecule has 0 fully saturated rings. The summed E-state index contributed by atoms with van der Waals surface area (Å²) in [4.78, 5) is 12.1. The molecule has 0 aliphatic heterocycles. The number of phenols is 1. The number of aromatic hydroxyl groups is 1. The summed E-state index contributed by atoms with van der Waals surface area (Å²) in [5.41, 5.74) is -0.545. The first-order chi connectivity index (χ1) is 10.5. The largest absolute Gasteiger partial charge is 0.505 e. The van der Waals surface area contributed by atoms with Gasteiger partial charge in [0.25, 0.3) is 0 Å². The Bertz CT molecular complexity index is 837. The highest BCUT2D eigenvalue weighted by molar-refractivity contribution is 6.44. The highest BCUT2D eigenvalue weighted by Gasteiger charge is 2.25. The normalized spacial score (nSPS) is 9.64. The molecule has 0 radical (unpaired) electrons. The van der Waals surface area contributed by atoms with Gasteiger partial charge in [0, 0.05) is 0 Å². The Morgan fingerprint density at radius 1 is 1.05 bits per heavy atom. The molecule has 0 aliphatic rings. The molecule has 0 heterocycles. The van der Waals surface area contributed by atoms with E-state index in [1.807, 2.05) is 0 Å². The van der Waals surface area contributed by atoms with Crippen LogP contribution < -0.4 is 4.74 Å². The highest BCUT2D eigenvalue weighted by atomic mass is 35.5. The number of nitriles is 2. The van der Waals surface area contributed by atoms with Crippen molar-refractivity contribution < 1.29 is 14.6 Å². The fourth-order valence-electron chi connectivity index (χ4n) is 1.69. The van der Waals surface area contributed by atoms with Crippen molar-refractivity contribution in [1.82, 2.24) is 0 Å². The fraction of sp³-hybridized carbons (Fsp3) is 0. The van der Waals surface area contributed by atoms with Gasteiger partial charge in [0.2, 0.25) is 0 Å². The number of carbonyl (C=O) groups excluding carboxylic acids is 1. The number of carbonyl (C=O) groups is 1. The van der Waals surface area contributed by atoms with Crippen LogP contribution in [0.4, 0.5) is 0 Å². The number of ether oxygens (including phenoxy) is 1. The second-order valence-corrected chi connectivity index (χ2v) is 4.79. The molecule has 5 nitrogen and oxygen atoms in total. The summed E-state index contributed by atoms with van der Waals surface area (Å²) in [6, 6.07) is 11.3. The van der Waals surface area contributed by atoms with Crippen LogP contribution in [-0.2, 0) is 0 Å². The molecule has 0 aromatic heterocycles. The van der Waals surface area contributed by atoms with E-state index >= 15 is 0 Å². The molecule has 22 heavy (non-hydrogen) atoms. The van der Waals surface area contributed by atoms with E-state index in [-0.39, 0.29) is 26.9 Å². The van der Waals surface area contributed by atoms with Crippen molar-refractivity contribution in [2.75, 3.05) is 0 Å². The van der Waals surface area contributed by atoms with E-state index in [0.717, 1.165) is 0 Å². The van der Waals surface area contributed by atoms with Crippen LogP contribution in [0.1, 0.15) is 21.5 Å². The first-order valence-electron chi connectivity index (χ1n) is 5.82. The molecular formula is C15H6Cl2N2O3. The first-order valence-corrected chi connectivity index (χ1v) is 6.58. The summed E-state index contributed by atoms with van der Waals surface area (Å²) in [6.07, 6.45) is 0. The molecule has 0 saturated carbocycles. The molecule has 0 unspecified atom stereocenters. The molecule has 0 saturated heterocycles. The SMILES string of the molecule is N#Cc1c(O)c(Cl)c(Cl)c(OC(=O)c2ccccc2)c1C#N. The van der Waals surface area contributed by atoms with Crippen molar-refractivity contribution in [3.8, 4) is 23.6 Å². The van der Waals surface area contributed by atoms with Crippen molar-refractivity contribution in [3.05, 3.63) is 57.1 Å². The number of esters is 1. The summed E-state index contributed by atoms with van der Waals surface area (Å²) in [5, 5.41) is 27.2. The second-order valence-electron chi connectivity index (χ2n) is 4.03. The number of rotatable bonds is 2. The Balaban J connectivity index is 2.57. The maximum absolute atomic E-state index is 12.1. The molecule has 2 rings (SSSR count). The van der Waals surface area contributed by atoms with E-state index in [9.17, 15) is 9.90 Å². The number of nitrogens with zero attached hydrogens (tertiary/aromatic N) is 2. The van der Waals surface area contributed by atoms with Gasteiger partial charge in [-0.1, -0.05) is 41.4 Å². The van der Waals surface area contributed by atoms with Gasteiger partial charge in [-0.2, -0.15) is 10.5 Å². The Morgan fingerprint density at radius 3 is 2.18 bits per heavy atom. The highest BCUT2D eigenvalue weighted by Crippen LogP contribution is 2.44. The summed E-state index contributed by atoms with van der Waals surface area (Å²) < 4.78 is 5.09. The Morgan fingerprint density at radius 2 is 1.64 bits per heavy atom. The lowest BCUT2D eigenvalue weighted by Crippen LogP contribution is -2.10. The van der Waals surface area contributed by atoms with Gasteiger partial charge in [-0.15, -0.1) is 0 Å². The number of phenolic OH excluding ortho intramolecular Hbond substituents is 1. The molecule has 0 bridgehead atoms. The van der Waals surface area contributed by atoms with E-state index in [4.69, 9.17) is 38.5 Å². The number of halogens is 2. The van der Waals surface area contributed by atoms with Crippen LogP contribution in [0.2, 0.25) is 10.0 Å². The van der Waals surface area contributed by atoms with Crippen molar-refractivity contribution in [2.24, 2.45) is 0 Å². The van der Waals surface area contributed by atoms with Gasteiger partial charge in [0.15, 0.2) is 11.5 Å². The van der Waals surface area contributed by atoms with Gasteiger partial charge >= 0.3 is 5.97 Å². The third-order valence-corrected chi connectivity index (χ3v) is 3.57. The molecule has 0 atom stereocenters. The number of hydrogen-bond donors (Lipinski definition) is 1. The maximum Gasteiger partial charge on any atom is 0.343 e. The van der Waals surface area contributed by atoms with Crippen molar-refractivity contribution >= 4 is 29.2 Å². The molecule has 2 aromatic rings. The van der Waals surface area contributed by atoms with E-state index in [2.05, 4.69) is 0 Å². The van der Waals surface area contributed by atoms with Crippen LogP contribution in [0.5, 0.6) is 11.5 Å². The topological polar surface area (TPSA) is 94.1 Å². The predicted octanol–water partition coefficient (Wildman–Crippen LogP) is 3.66. The molecule has 0 aliphatic carbocycles. The van der Waals surface area contributed by atoms with Crippen LogP contribution in [0.3, 0.4) is 0 Å². The van der Waals surface area contributed by atoms with Crippen LogP contribution in [-0.4, -0.2) is 11.1 Å². The van der Waals surface area contributed by atoms with E-state index in [1.165, 1.54) is 12.1 Å². The third-order valence-electron chi connectivity index (χ3n) is 2.74. The first kappa shape index (κ1) is 15.7. The molecule has 2 aromatic carbocycles. The van der Waals surface area contributed by atoms with Crippen molar-refractivity contribution in [2.45, 2.75) is 0 Å². The lowest BCUT2D eigenvalue weighted by atomic mass is 10.1. The van der Waals surface area contributed by atoms with E-state index < -0.39 is 17.3 Å². The lowest BCUT2D eigenvalue weighted by molar-refractivity contribution is 0.0734. The smallest absolute Gasteiger partial charge is 0.343 e. The van der Waals surface area contributed by atoms with Crippen LogP contribution in [0.15, 0.2) is 30.3 Å². The van der Waals surface area contributed by atoms with Crippen LogP contribution in [0.25, 0.3) is 0 Å². The average molecular weight is 333 g/mol. The lowest BCUT2D eigenvalue weighted by Gasteiger charge is -2.12. The zero-order valence-electron chi connectivity index (χ0n) is 10.8. The van der Waals surface area contributed by atoms with Crippen LogP contribution >= 0.6 is 23.2 Å². The van der Waals surface area contributed by atoms with Gasteiger partial charge in [-0.25, -0.2) is 4.79 Å². The zero-order chi connectivity index (χ0) is 16.3. The van der Waals surface area contributed by atoms with E-state index in [1.54, 1.807) is 30.3 Å². The molecule has 1 N–H and O–H groups in total. The Hall–Kier alpha value is -2.73. The average Bonchev–Trinajstić information content (AvgIpc) is 2.55. The number of benzene rings is 2. The molecule has 108 valence electrons. The van der Waals surface area contributed by atoms with Gasteiger partial charge < -0.3 is 9.84 Å². The van der Waals surface area contributed by atoms with Gasteiger partial charge in [-0.3, -0.25) is 0 Å². The van der Waals surface area contributed by atoms with Gasteiger partial charge in [0.05, 0.1) is 5.56 Å². The predicted molar refractivity (Wildman–Crippen MR) is 79.0 cm³/mol. The Labute approximate surface area is 135 Å². The third kappa shape index (κ3) is 2.68. The molecule has 7 heteroatoms. The van der Waals surface area contributed by atoms with Gasteiger partial charge in [0.1, 0.15) is 33.3 Å². The van der Waals surface area contributed by atoms with Crippen molar-refractivity contribution in [1.29, 1.82) is 10.5 Å². The Kier molecular flexibility index (Phi) is 4.53. The summed E-state index contributed by atoms with van der Waals surface area (Å²) >= 11 is 11.7. The minimum Gasteiger partial charge on any atom is -0.505 e. The monoisotopic (exact) mass is 332 g/mol. The minimum absolute atomic E-state index is 0.227. The maximum atomic E-state index is 12.1. The standard InChI is InChI=1S/C15H6Cl2N2O3/c16-11-12(17)14(10(7-19)9(6-18)13(11)20)22-15(21)8-4-2-1-3-5-8/h1-5,20H. The van der Waals surface area contributed by atoms with Gasteiger partial charge in [-0.05, 0) is 12.1 Å². The second kappa shape index (κ2) is 6.36. The van der Waals surface area contributed by atoms with E-state index in [0.29, 0.717) is 0 Å². The van der Waals surface area contributed by atoms with Crippen LogP contribution in [0, 0.1) is 22.7 Å². The quantitative estimate of drug-likeness (QED) is 0.668. The molecule has 0 spiro atoms. The fourth-order valence-corrected chi connectivity index (χ4v) is 2.10.